The lowest BCUT2D eigenvalue weighted by molar-refractivity contribution is 0.661. The van der Waals surface area contributed by atoms with Crippen molar-refractivity contribution < 1.29 is 0 Å². The van der Waals surface area contributed by atoms with Crippen molar-refractivity contribution in [3.05, 3.63) is 112 Å². The van der Waals surface area contributed by atoms with E-state index in [1.807, 2.05) is 54.6 Å². The average molecular weight is 487 g/mol. The van der Waals surface area contributed by atoms with E-state index in [-0.39, 0.29) is 5.56 Å². The lowest BCUT2D eigenvalue weighted by Gasteiger charge is -2.06. The second-order valence-electron chi connectivity index (χ2n) is 9.44. The van der Waals surface area contributed by atoms with Crippen LogP contribution in [0.5, 0.6) is 0 Å². The van der Waals surface area contributed by atoms with Crippen molar-refractivity contribution in [3.63, 3.8) is 0 Å². The van der Waals surface area contributed by atoms with Crippen LogP contribution < -0.4 is 5.56 Å². The third kappa shape index (κ3) is 4.29. The Labute approximate surface area is 213 Å². The smallest absolute Gasteiger partial charge is 0.265 e. The summed E-state index contributed by atoms with van der Waals surface area (Å²) in [6, 6.07) is 26.0. The molecular weight excluding hydrogens is 460 g/mol. The molecule has 37 heavy (non-hydrogen) atoms. The number of para-hydroxylation sites is 2. The summed E-state index contributed by atoms with van der Waals surface area (Å²) in [6.45, 7) is 4.86. The molecule has 3 aromatic heterocycles. The largest absolute Gasteiger partial charge is 0.298 e. The summed E-state index contributed by atoms with van der Waals surface area (Å²) in [5.41, 5.74) is 6.15. The van der Waals surface area contributed by atoms with Crippen molar-refractivity contribution in [3.8, 4) is 0 Å². The molecule has 0 unspecified atom stereocenters. The van der Waals surface area contributed by atoms with Gasteiger partial charge in [0.05, 0.1) is 23.6 Å². The molecule has 0 radical (unpaired) electrons. The van der Waals surface area contributed by atoms with Crippen molar-refractivity contribution in [2.75, 3.05) is 0 Å². The molecule has 0 saturated carbocycles. The van der Waals surface area contributed by atoms with E-state index >= 15 is 0 Å². The van der Waals surface area contributed by atoms with E-state index in [1.54, 1.807) is 21.8 Å². The van der Waals surface area contributed by atoms with Crippen LogP contribution in [0.15, 0.2) is 95.1 Å². The van der Waals surface area contributed by atoms with E-state index < -0.39 is 0 Å². The maximum atomic E-state index is 13.7. The van der Waals surface area contributed by atoms with Gasteiger partial charge in [-0.15, -0.1) is 0 Å². The summed E-state index contributed by atoms with van der Waals surface area (Å²) in [5, 5.41) is 5.14. The van der Waals surface area contributed by atoms with Gasteiger partial charge in [-0.2, -0.15) is 9.78 Å². The molecular formula is C30H26N6O. The fourth-order valence-electron chi connectivity index (χ4n) is 4.51. The first-order valence-corrected chi connectivity index (χ1v) is 12.4. The van der Waals surface area contributed by atoms with Gasteiger partial charge in [0.25, 0.3) is 5.56 Å². The van der Waals surface area contributed by atoms with Crippen molar-refractivity contribution in [2.45, 2.75) is 32.7 Å². The van der Waals surface area contributed by atoms with E-state index in [0.717, 1.165) is 28.6 Å². The molecule has 0 bridgehead atoms. The Hall–Kier alpha value is -4.65. The van der Waals surface area contributed by atoms with Gasteiger partial charge < -0.3 is 0 Å². The van der Waals surface area contributed by atoms with Crippen LogP contribution in [0.1, 0.15) is 36.5 Å². The second-order valence-corrected chi connectivity index (χ2v) is 9.44. The molecule has 3 aromatic carbocycles. The summed E-state index contributed by atoms with van der Waals surface area (Å²) in [7, 11) is 0. The highest BCUT2D eigenvalue weighted by molar-refractivity contribution is 6.04. The highest BCUT2D eigenvalue weighted by atomic mass is 16.1. The van der Waals surface area contributed by atoms with Crippen molar-refractivity contribution in [1.82, 2.24) is 24.2 Å². The van der Waals surface area contributed by atoms with Gasteiger partial charge in [-0.05, 0) is 41.2 Å². The van der Waals surface area contributed by atoms with Crippen LogP contribution in [0.2, 0.25) is 0 Å². The molecule has 0 spiro atoms. The molecule has 7 nitrogen and oxygen atoms in total. The predicted octanol–water partition coefficient (Wildman–Crippen LogP) is 5.54. The molecule has 3 heterocycles. The van der Waals surface area contributed by atoms with Crippen LogP contribution in [0, 0.1) is 0 Å². The Balaban J connectivity index is 1.49. The maximum Gasteiger partial charge on any atom is 0.265 e. The predicted molar refractivity (Wildman–Crippen MR) is 148 cm³/mol. The van der Waals surface area contributed by atoms with Gasteiger partial charge in [0.15, 0.2) is 11.3 Å². The first-order chi connectivity index (χ1) is 18.1. The van der Waals surface area contributed by atoms with Gasteiger partial charge in [0.2, 0.25) is 0 Å². The molecule has 182 valence electrons. The highest BCUT2D eigenvalue weighted by Crippen LogP contribution is 2.25. The topological polar surface area (TPSA) is 78.0 Å². The number of fused-ring (bicyclic) bond motifs is 4. The van der Waals surface area contributed by atoms with Crippen molar-refractivity contribution >= 4 is 39.4 Å². The van der Waals surface area contributed by atoms with E-state index in [9.17, 15) is 4.79 Å². The van der Waals surface area contributed by atoms with E-state index in [4.69, 9.17) is 15.1 Å². The average Bonchev–Trinajstić information content (AvgIpc) is 3.24. The number of hydrogen-bond acceptors (Lipinski definition) is 5. The van der Waals surface area contributed by atoms with E-state index in [2.05, 4.69) is 43.1 Å². The Kier molecular flexibility index (Phi) is 5.81. The molecule has 0 aliphatic carbocycles. The van der Waals surface area contributed by atoms with E-state index in [1.165, 1.54) is 5.56 Å². The Morgan fingerprint density at radius 1 is 0.865 bits per heavy atom. The standard InChI is InChI=1S/C30H26N6O/c1-20(2)23-14-12-22(13-15-23)18-32-36-28-26(27-29(36)34-25-11-7-6-10-24(25)33-27)30(37)35(19-31-28)17-16-21-8-4-3-5-9-21/h3-15,18-20H,16-17H2,1-2H3. The van der Waals surface area contributed by atoms with Crippen LogP contribution in [-0.4, -0.2) is 30.4 Å². The monoisotopic (exact) mass is 486 g/mol. The van der Waals surface area contributed by atoms with E-state index in [0.29, 0.717) is 34.7 Å². The fourth-order valence-corrected chi connectivity index (χ4v) is 4.51. The number of aromatic nitrogens is 5. The molecule has 7 heteroatoms. The van der Waals surface area contributed by atoms with Gasteiger partial charge in [-0.3, -0.25) is 9.36 Å². The Bertz CT molecular complexity index is 1820. The zero-order chi connectivity index (χ0) is 25.4. The minimum atomic E-state index is -0.147. The fraction of sp³-hybridized carbons (Fsp3) is 0.167. The normalized spacial score (nSPS) is 12.0. The van der Waals surface area contributed by atoms with Gasteiger partial charge >= 0.3 is 0 Å². The molecule has 0 aliphatic rings. The molecule has 0 N–H and O–H groups in total. The lowest BCUT2D eigenvalue weighted by atomic mass is 10.0. The van der Waals surface area contributed by atoms with Crippen LogP contribution in [0.4, 0.5) is 0 Å². The number of hydrogen-bond donors (Lipinski definition) is 0. The first-order valence-electron chi connectivity index (χ1n) is 12.4. The van der Waals surface area contributed by atoms with Crippen LogP contribution in [-0.2, 0) is 13.0 Å². The molecule has 6 aromatic rings. The SMILES string of the molecule is CC(C)c1ccc(C=Nn2c3nc4ccccc4nc3c3c(=O)n(CCc4ccccc4)cnc32)cc1. The van der Waals surface area contributed by atoms with Gasteiger partial charge in [0, 0.05) is 6.54 Å². The summed E-state index contributed by atoms with van der Waals surface area (Å²) >= 11 is 0. The molecule has 6 rings (SSSR count). The quantitative estimate of drug-likeness (QED) is 0.290. The van der Waals surface area contributed by atoms with Crippen LogP contribution >= 0.6 is 0 Å². The van der Waals surface area contributed by atoms with Crippen LogP contribution in [0.25, 0.3) is 33.2 Å². The minimum Gasteiger partial charge on any atom is -0.298 e. The molecule has 0 saturated heterocycles. The first kappa shape index (κ1) is 22.8. The third-order valence-corrected chi connectivity index (χ3v) is 6.62. The maximum absolute atomic E-state index is 13.7. The lowest BCUT2D eigenvalue weighted by Crippen LogP contribution is -2.21. The number of nitrogens with zero attached hydrogens (tertiary/aromatic N) is 6. The molecule has 0 atom stereocenters. The molecule has 0 fully saturated rings. The molecule has 0 amide bonds. The van der Waals surface area contributed by atoms with Gasteiger partial charge in [-0.1, -0.05) is 80.6 Å². The van der Waals surface area contributed by atoms with Gasteiger partial charge in [0.1, 0.15) is 10.9 Å². The number of rotatable bonds is 6. The number of benzene rings is 3. The van der Waals surface area contributed by atoms with Crippen molar-refractivity contribution in [2.24, 2.45) is 5.10 Å². The zero-order valence-electron chi connectivity index (χ0n) is 20.7. The summed E-state index contributed by atoms with van der Waals surface area (Å²) in [5.74, 6) is 0.458. The van der Waals surface area contributed by atoms with Crippen molar-refractivity contribution in [1.29, 1.82) is 0 Å². The van der Waals surface area contributed by atoms with Gasteiger partial charge in [-0.25, -0.2) is 15.0 Å². The summed E-state index contributed by atoms with van der Waals surface area (Å²) in [6.07, 6.45) is 4.09. The zero-order valence-corrected chi connectivity index (χ0v) is 20.7. The summed E-state index contributed by atoms with van der Waals surface area (Å²) in [4.78, 5) is 28.0. The Morgan fingerprint density at radius 2 is 1.57 bits per heavy atom. The Morgan fingerprint density at radius 3 is 2.30 bits per heavy atom. The van der Waals surface area contributed by atoms with Crippen LogP contribution in [0.3, 0.4) is 0 Å². The molecule has 0 aliphatic heterocycles. The third-order valence-electron chi connectivity index (χ3n) is 6.62. The minimum absolute atomic E-state index is 0.147. The number of aryl methyl sites for hydroxylation is 2. The highest BCUT2D eigenvalue weighted by Gasteiger charge is 2.19. The second kappa shape index (κ2) is 9.43. The summed E-state index contributed by atoms with van der Waals surface area (Å²) < 4.78 is 3.27.